The van der Waals surface area contributed by atoms with Crippen LogP contribution in [0.5, 0.6) is 5.75 Å². The molecule has 1 aromatic carbocycles. The fourth-order valence-electron chi connectivity index (χ4n) is 3.14. The van der Waals surface area contributed by atoms with E-state index in [0.29, 0.717) is 17.2 Å². The van der Waals surface area contributed by atoms with Crippen LogP contribution >= 0.6 is 0 Å². The van der Waals surface area contributed by atoms with Crippen LogP contribution in [0.4, 0.5) is 0 Å². The molecule has 2 rings (SSSR count). The Hall–Kier alpha value is -1.02. The predicted molar refractivity (Wildman–Crippen MR) is 75.7 cm³/mol. The Morgan fingerprint density at radius 1 is 1.33 bits per heavy atom. The summed E-state index contributed by atoms with van der Waals surface area (Å²) in [7, 11) is 0. The van der Waals surface area contributed by atoms with Gasteiger partial charge in [-0.05, 0) is 37.7 Å². The van der Waals surface area contributed by atoms with Crippen molar-refractivity contribution in [2.45, 2.75) is 58.5 Å². The van der Waals surface area contributed by atoms with Crippen LogP contribution in [-0.2, 0) is 0 Å². The van der Waals surface area contributed by atoms with Crippen molar-refractivity contribution in [3.63, 3.8) is 0 Å². The van der Waals surface area contributed by atoms with Gasteiger partial charge in [-0.15, -0.1) is 0 Å². The number of hydrogen-bond acceptors (Lipinski definition) is 2. The van der Waals surface area contributed by atoms with Crippen LogP contribution in [0, 0.1) is 5.41 Å². The van der Waals surface area contributed by atoms with Crippen LogP contribution in [0.15, 0.2) is 24.3 Å². The number of benzene rings is 1. The summed E-state index contributed by atoms with van der Waals surface area (Å²) in [6, 6.07) is 8.40. The maximum absolute atomic E-state index is 9.87. The zero-order valence-electron chi connectivity index (χ0n) is 11.7. The number of phenols is 1. The molecule has 1 saturated carbocycles. The van der Waals surface area contributed by atoms with Crippen molar-refractivity contribution in [2.75, 3.05) is 0 Å². The van der Waals surface area contributed by atoms with Gasteiger partial charge < -0.3 is 10.4 Å². The van der Waals surface area contributed by atoms with Crippen molar-refractivity contribution in [1.29, 1.82) is 0 Å². The van der Waals surface area contributed by atoms with Crippen LogP contribution < -0.4 is 5.32 Å². The molecule has 2 N–H and O–H groups in total. The molecule has 2 unspecified atom stereocenters. The fourth-order valence-corrected chi connectivity index (χ4v) is 3.14. The monoisotopic (exact) mass is 247 g/mol. The number of phenolic OH excluding ortho intramolecular Hbond substituents is 1. The second-order valence-corrected chi connectivity index (χ2v) is 6.40. The number of para-hydroxylation sites is 1. The summed E-state index contributed by atoms with van der Waals surface area (Å²) in [5, 5.41) is 13.5. The lowest BCUT2D eigenvalue weighted by atomic mass is 9.75. The molecule has 2 atom stereocenters. The molecule has 0 amide bonds. The molecule has 0 aliphatic heterocycles. The van der Waals surface area contributed by atoms with E-state index in [4.69, 9.17) is 0 Å². The first-order valence-electron chi connectivity index (χ1n) is 7.02. The molecule has 0 radical (unpaired) electrons. The summed E-state index contributed by atoms with van der Waals surface area (Å²) in [4.78, 5) is 0. The van der Waals surface area contributed by atoms with Gasteiger partial charge in [0.25, 0.3) is 0 Å². The van der Waals surface area contributed by atoms with E-state index in [9.17, 15) is 5.11 Å². The van der Waals surface area contributed by atoms with E-state index in [2.05, 4.69) is 26.1 Å². The Labute approximate surface area is 110 Å². The van der Waals surface area contributed by atoms with Crippen molar-refractivity contribution in [3.8, 4) is 5.75 Å². The van der Waals surface area contributed by atoms with Gasteiger partial charge in [0.15, 0.2) is 0 Å². The number of nitrogens with one attached hydrogen (secondary N) is 1. The minimum absolute atomic E-state index is 0.213. The fraction of sp³-hybridized carbons (Fsp3) is 0.625. The van der Waals surface area contributed by atoms with Gasteiger partial charge in [-0.1, -0.05) is 38.5 Å². The van der Waals surface area contributed by atoms with Crippen LogP contribution in [0.25, 0.3) is 0 Å². The smallest absolute Gasteiger partial charge is 0.120 e. The Bertz CT molecular complexity index is 400. The molecule has 0 saturated heterocycles. The summed E-state index contributed by atoms with van der Waals surface area (Å²) in [5.74, 6) is 0.396. The minimum atomic E-state index is 0.213. The molecule has 1 aliphatic carbocycles. The summed E-state index contributed by atoms with van der Waals surface area (Å²) < 4.78 is 0. The molecular formula is C16H25NO. The van der Waals surface area contributed by atoms with Crippen LogP contribution in [-0.4, -0.2) is 11.1 Å². The molecule has 0 heterocycles. The van der Waals surface area contributed by atoms with Gasteiger partial charge in [0.05, 0.1) is 0 Å². The third-order valence-electron chi connectivity index (χ3n) is 4.09. The van der Waals surface area contributed by atoms with Crippen molar-refractivity contribution in [1.82, 2.24) is 5.32 Å². The first-order valence-corrected chi connectivity index (χ1v) is 7.02. The molecule has 18 heavy (non-hydrogen) atoms. The molecule has 1 aliphatic rings. The van der Waals surface area contributed by atoms with Crippen LogP contribution in [0.1, 0.15) is 58.1 Å². The van der Waals surface area contributed by atoms with E-state index in [0.717, 1.165) is 5.56 Å². The quantitative estimate of drug-likeness (QED) is 0.845. The highest BCUT2D eigenvalue weighted by Crippen LogP contribution is 2.36. The Balaban J connectivity index is 1.99. The average Bonchev–Trinajstić information content (AvgIpc) is 2.28. The van der Waals surface area contributed by atoms with Gasteiger partial charge in [0, 0.05) is 17.6 Å². The van der Waals surface area contributed by atoms with E-state index in [1.807, 2.05) is 18.2 Å². The molecule has 2 heteroatoms. The van der Waals surface area contributed by atoms with Crippen LogP contribution in [0.2, 0.25) is 0 Å². The Morgan fingerprint density at radius 2 is 2.06 bits per heavy atom. The van der Waals surface area contributed by atoms with Crippen molar-refractivity contribution in [3.05, 3.63) is 29.8 Å². The van der Waals surface area contributed by atoms with E-state index in [-0.39, 0.29) is 6.04 Å². The average molecular weight is 247 g/mol. The van der Waals surface area contributed by atoms with Crippen LogP contribution in [0.3, 0.4) is 0 Å². The van der Waals surface area contributed by atoms with Crippen molar-refractivity contribution in [2.24, 2.45) is 5.41 Å². The van der Waals surface area contributed by atoms with E-state index < -0.39 is 0 Å². The standard InChI is InChI=1S/C16H25NO/c1-12(14-8-4-5-9-15(14)18)17-13-7-6-10-16(2,3)11-13/h4-5,8-9,12-13,17-18H,6-7,10-11H2,1-3H3. The maximum atomic E-state index is 9.87. The third-order valence-corrected chi connectivity index (χ3v) is 4.09. The summed E-state index contributed by atoms with van der Waals surface area (Å²) >= 11 is 0. The van der Waals surface area contributed by atoms with Gasteiger partial charge in [-0.2, -0.15) is 0 Å². The van der Waals surface area contributed by atoms with Gasteiger partial charge in [-0.25, -0.2) is 0 Å². The number of hydrogen-bond donors (Lipinski definition) is 2. The van der Waals surface area contributed by atoms with Crippen molar-refractivity contribution < 1.29 is 5.11 Å². The highest BCUT2D eigenvalue weighted by Gasteiger charge is 2.28. The normalized spacial score (nSPS) is 24.7. The highest BCUT2D eigenvalue weighted by atomic mass is 16.3. The number of rotatable bonds is 3. The summed E-state index contributed by atoms with van der Waals surface area (Å²) in [6.07, 6.45) is 5.11. The number of aromatic hydroxyl groups is 1. The molecule has 0 bridgehead atoms. The zero-order chi connectivity index (χ0) is 13.2. The summed E-state index contributed by atoms with van der Waals surface area (Å²) in [5.41, 5.74) is 1.45. The lowest BCUT2D eigenvalue weighted by Crippen LogP contribution is -2.38. The molecular weight excluding hydrogens is 222 g/mol. The Morgan fingerprint density at radius 3 is 2.72 bits per heavy atom. The molecule has 0 spiro atoms. The predicted octanol–water partition coefficient (Wildman–Crippen LogP) is 4.01. The maximum Gasteiger partial charge on any atom is 0.120 e. The largest absolute Gasteiger partial charge is 0.508 e. The Kier molecular flexibility index (Phi) is 3.96. The molecule has 1 fully saturated rings. The van der Waals surface area contributed by atoms with E-state index in [1.165, 1.54) is 25.7 Å². The highest BCUT2D eigenvalue weighted by molar-refractivity contribution is 5.34. The van der Waals surface area contributed by atoms with Gasteiger partial charge in [0.2, 0.25) is 0 Å². The summed E-state index contributed by atoms with van der Waals surface area (Å²) in [6.45, 7) is 6.84. The second kappa shape index (κ2) is 5.31. The topological polar surface area (TPSA) is 32.3 Å². The molecule has 2 nitrogen and oxygen atoms in total. The lowest BCUT2D eigenvalue weighted by Gasteiger charge is -2.37. The minimum Gasteiger partial charge on any atom is -0.508 e. The molecule has 1 aromatic rings. The lowest BCUT2D eigenvalue weighted by molar-refractivity contribution is 0.190. The van der Waals surface area contributed by atoms with Gasteiger partial charge >= 0.3 is 0 Å². The first kappa shape index (κ1) is 13.4. The first-order chi connectivity index (χ1) is 8.48. The molecule has 100 valence electrons. The van der Waals surface area contributed by atoms with Gasteiger partial charge in [-0.3, -0.25) is 0 Å². The van der Waals surface area contributed by atoms with E-state index >= 15 is 0 Å². The van der Waals surface area contributed by atoms with Gasteiger partial charge in [0.1, 0.15) is 5.75 Å². The zero-order valence-corrected chi connectivity index (χ0v) is 11.7. The third kappa shape index (κ3) is 3.26. The second-order valence-electron chi connectivity index (χ2n) is 6.40. The molecule has 0 aromatic heterocycles. The van der Waals surface area contributed by atoms with Crippen molar-refractivity contribution >= 4 is 0 Å². The van der Waals surface area contributed by atoms with E-state index in [1.54, 1.807) is 6.07 Å². The SMILES string of the molecule is CC(NC1CCCC(C)(C)C1)c1ccccc1O.